The van der Waals surface area contributed by atoms with Crippen LogP contribution in [0.3, 0.4) is 0 Å². The maximum absolute atomic E-state index is 12.9. The van der Waals surface area contributed by atoms with Gasteiger partial charge >= 0.3 is 0 Å². The van der Waals surface area contributed by atoms with Crippen molar-refractivity contribution in [1.29, 1.82) is 0 Å². The third-order valence-corrected chi connectivity index (χ3v) is 4.68. The van der Waals surface area contributed by atoms with E-state index in [4.69, 9.17) is 15.7 Å². The first-order valence-corrected chi connectivity index (χ1v) is 9.85. The molecule has 0 unspecified atom stereocenters. The summed E-state index contributed by atoms with van der Waals surface area (Å²) >= 11 is 0. The molecule has 27 heavy (non-hydrogen) atoms. The molecule has 1 amide bonds. The van der Waals surface area contributed by atoms with E-state index in [0.717, 1.165) is 23.9 Å². The van der Waals surface area contributed by atoms with E-state index in [9.17, 15) is 4.79 Å². The van der Waals surface area contributed by atoms with Crippen LogP contribution in [0, 0.1) is 5.92 Å². The van der Waals surface area contributed by atoms with E-state index in [1.54, 1.807) is 0 Å². The number of benzene rings is 1. The number of rotatable bonds is 8. The number of nitrogens with two attached hydrogens (primary N) is 1. The fraction of sp³-hybridized carbons (Fsp3) is 0.476. The van der Waals surface area contributed by atoms with Crippen molar-refractivity contribution in [3.63, 3.8) is 0 Å². The summed E-state index contributed by atoms with van der Waals surface area (Å²) in [7, 11) is 0. The number of aromatic nitrogens is 3. The van der Waals surface area contributed by atoms with Crippen LogP contribution in [-0.4, -0.2) is 27.0 Å². The van der Waals surface area contributed by atoms with Crippen molar-refractivity contribution in [3.05, 3.63) is 29.8 Å². The predicted octanol–water partition coefficient (Wildman–Crippen LogP) is 4.13. The average molecular weight is 367 g/mol. The quantitative estimate of drug-likeness (QED) is 0.586. The normalized spacial score (nSPS) is 11.6. The van der Waals surface area contributed by atoms with Gasteiger partial charge in [-0.25, -0.2) is 9.97 Å². The highest BCUT2D eigenvalue weighted by atomic mass is 16.1. The standard InChI is InChI=1S/C21H29N5O/c1-4-5-6-9-12-23-21(27)17-18-20(26(19(17)22)13-14(2)3)25-16-11-8-7-10-15(16)24-18/h7-8,10-11,14H,4-6,9,12-13,22H2,1-3H3,(H,23,27). The Bertz CT molecular complexity index is 945. The third-order valence-electron chi connectivity index (χ3n) is 4.68. The van der Waals surface area contributed by atoms with Gasteiger partial charge in [-0.1, -0.05) is 52.2 Å². The zero-order valence-electron chi connectivity index (χ0n) is 16.5. The monoisotopic (exact) mass is 367 g/mol. The molecular formula is C21H29N5O. The number of para-hydroxylation sites is 2. The molecule has 0 saturated heterocycles. The van der Waals surface area contributed by atoms with E-state index < -0.39 is 0 Å². The highest BCUT2D eigenvalue weighted by Gasteiger charge is 2.24. The second kappa shape index (κ2) is 8.37. The SMILES string of the molecule is CCCCCCNC(=O)c1c(N)n(CC(C)C)c2nc3ccccc3nc12. The van der Waals surface area contributed by atoms with Gasteiger partial charge in [-0.05, 0) is 24.5 Å². The van der Waals surface area contributed by atoms with Gasteiger partial charge in [0.05, 0.1) is 11.0 Å². The minimum atomic E-state index is -0.166. The molecule has 0 aliphatic heterocycles. The molecule has 0 saturated carbocycles. The largest absolute Gasteiger partial charge is 0.384 e. The van der Waals surface area contributed by atoms with Crippen LogP contribution in [0.2, 0.25) is 0 Å². The zero-order valence-corrected chi connectivity index (χ0v) is 16.5. The van der Waals surface area contributed by atoms with Crippen molar-refractivity contribution >= 4 is 33.9 Å². The Morgan fingerprint density at radius 3 is 2.52 bits per heavy atom. The number of fused-ring (bicyclic) bond motifs is 2. The Labute approximate surface area is 160 Å². The van der Waals surface area contributed by atoms with Crippen molar-refractivity contribution in [3.8, 4) is 0 Å². The van der Waals surface area contributed by atoms with Gasteiger partial charge in [-0.15, -0.1) is 0 Å². The number of nitrogens with one attached hydrogen (secondary N) is 1. The second-order valence-corrected chi connectivity index (χ2v) is 7.47. The number of amides is 1. The van der Waals surface area contributed by atoms with Crippen LogP contribution >= 0.6 is 0 Å². The van der Waals surface area contributed by atoms with Gasteiger partial charge in [-0.3, -0.25) is 4.79 Å². The van der Waals surface area contributed by atoms with Crippen LogP contribution in [-0.2, 0) is 6.54 Å². The molecule has 1 aromatic carbocycles. The molecule has 3 rings (SSSR count). The van der Waals surface area contributed by atoms with Crippen molar-refractivity contribution < 1.29 is 4.79 Å². The Morgan fingerprint density at radius 2 is 1.85 bits per heavy atom. The van der Waals surface area contributed by atoms with Gasteiger partial charge in [0, 0.05) is 13.1 Å². The molecule has 0 fully saturated rings. The molecule has 0 aliphatic rings. The van der Waals surface area contributed by atoms with E-state index in [1.807, 2.05) is 28.8 Å². The van der Waals surface area contributed by atoms with Crippen molar-refractivity contribution in [1.82, 2.24) is 19.9 Å². The number of hydrogen-bond acceptors (Lipinski definition) is 4. The average Bonchev–Trinajstić information content (AvgIpc) is 2.90. The summed E-state index contributed by atoms with van der Waals surface area (Å²) < 4.78 is 1.92. The fourth-order valence-corrected chi connectivity index (χ4v) is 3.33. The molecule has 0 radical (unpaired) electrons. The minimum absolute atomic E-state index is 0.166. The summed E-state index contributed by atoms with van der Waals surface area (Å²) in [5, 5.41) is 3.01. The molecular weight excluding hydrogens is 338 g/mol. The van der Waals surface area contributed by atoms with Gasteiger partial charge in [0.15, 0.2) is 5.65 Å². The Balaban J connectivity index is 2.01. The second-order valence-electron chi connectivity index (χ2n) is 7.47. The summed E-state index contributed by atoms with van der Waals surface area (Å²) in [5.41, 5.74) is 9.68. The van der Waals surface area contributed by atoms with Crippen LogP contribution in [0.4, 0.5) is 5.82 Å². The number of carbonyl (C=O) groups is 1. The zero-order chi connectivity index (χ0) is 19.4. The maximum Gasteiger partial charge on any atom is 0.257 e. The molecule has 0 spiro atoms. The summed E-state index contributed by atoms with van der Waals surface area (Å²) in [6.45, 7) is 7.75. The van der Waals surface area contributed by atoms with Crippen molar-refractivity contribution in [2.24, 2.45) is 5.92 Å². The molecule has 0 aliphatic carbocycles. The molecule has 0 bridgehead atoms. The van der Waals surface area contributed by atoms with Crippen LogP contribution < -0.4 is 11.1 Å². The van der Waals surface area contributed by atoms with E-state index >= 15 is 0 Å². The van der Waals surface area contributed by atoms with Crippen LogP contribution in [0.25, 0.3) is 22.2 Å². The highest BCUT2D eigenvalue weighted by Crippen LogP contribution is 2.28. The number of nitrogen functional groups attached to an aromatic ring is 1. The predicted molar refractivity (Wildman–Crippen MR) is 111 cm³/mol. The minimum Gasteiger partial charge on any atom is -0.384 e. The number of anilines is 1. The molecule has 144 valence electrons. The Morgan fingerprint density at radius 1 is 1.15 bits per heavy atom. The fourth-order valence-electron chi connectivity index (χ4n) is 3.33. The van der Waals surface area contributed by atoms with Gasteiger partial charge in [0.2, 0.25) is 0 Å². The summed E-state index contributed by atoms with van der Waals surface area (Å²) in [4.78, 5) is 22.4. The van der Waals surface area contributed by atoms with E-state index in [2.05, 4.69) is 26.1 Å². The summed E-state index contributed by atoms with van der Waals surface area (Å²) in [6, 6.07) is 7.69. The van der Waals surface area contributed by atoms with Crippen molar-refractivity contribution in [2.75, 3.05) is 12.3 Å². The van der Waals surface area contributed by atoms with E-state index in [1.165, 1.54) is 12.8 Å². The van der Waals surface area contributed by atoms with Crippen LogP contribution in [0.15, 0.2) is 24.3 Å². The van der Waals surface area contributed by atoms with E-state index in [-0.39, 0.29) is 5.91 Å². The van der Waals surface area contributed by atoms with Gasteiger partial charge < -0.3 is 15.6 Å². The lowest BCUT2D eigenvalue weighted by atomic mass is 10.2. The molecule has 6 heteroatoms. The van der Waals surface area contributed by atoms with Gasteiger partial charge in [-0.2, -0.15) is 0 Å². The maximum atomic E-state index is 12.9. The first-order valence-electron chi connectivity index (χ1n) is 9.85. The molecule has 0 atom stereocenters. The topological polar surface area (TPSA) is 85.8 Å². The lowest BCUT2D eigenvalue weighted by Crippen LogP contribution is -2.25. The lowest BCUT2D eigenvalue weighted by molar-refractivity contribution is 0.0955. The van der Waals surface area contributed by atoms with Crippen LogP contribution in [0.1, 0.15) is 56.8 Å². The first kappa shape index (κ1) is 19.1. The Kier molecular flexibility index (Phi) is 5.94. The van der Waals surface area contributed by atoms with E-state index in [0.29, 0.717) is 41.6 Å². The lowest BCUT2D eigenvalue weighted by Gasteiger charge is -2.10. The van der Waals surface area contributed by atoms with Crippen LogP contribution in [0.5, 0.6) is 0 Å². The van der Waals surface area contributed by atoms with Gasteiger partial charge in [0.1, 0.15) is 16.9 Å². The molecule has 3 aromatic rings. The number of unbranched alkanes of at least 4 members (excludes halogenated alkanes) is 3. The Hall–Kier alpha value is -2.63. The first-order chi connectivity index (χ1) is 13.0. The van der Waals surface area contributed by atoms with Gasteiger partial charge in [0.25, 0.3) is 5.91 Å². The number of nitrogens with zero attached hydrogens (tertiary/aromatic N) is 3. The molecule has 3 N–H and O–H groups in total. The highest BCUT2D eigenvalue weighted by molar-refractivity contribution is 6.10. The summed E-state index contributed by atoms with van der Waals surface area (Å²) in [6.07, 6.45) is 4.44. The third kappa shape index (κ3) is 4.04. The molecule has 2 heterocycles. The summed E-state index contributed by atoms with van der Waals surface area (Å²) in [5.74, 6) is 0.655. The molecule has 2 aromatic heterocycles. The smallest absolute Gasteiger partial charge is 0.257 e. The number of carbonyl (C=O) groups excluding carboxylic acids is 1. The number of hydrogen-bond donors (Lipinski definition) is 2. The van der Waals surface area contributed by atoms with Crippen molar-refractivity contribution in [2.45, 2.75) is 53.0 Å². The molecule has 6 nitrogen and oxygen atoms in total.